The second-order valence-corrected chi connectivity index (χ2v) is 5.77. The zero-order valence-corrected chi connectivity index (χ0v) is 12.1. The quantitative estimate of drug-likeness (QED) is 0.829. The highest BCUT2D eigenvalue weighted by Gasteiger charge is 2.21. The fraction of sp³-hybridized carbons (Fsp3) is 0.800. The Kier molecular flexibility index (Phi) is 4.81. The molecule has 0 saturated heterocycles. The van der Waals surface area contributed by atoms with Gasteiger partial charge in [-0.2, -0.15) is 5.10 Å². The molecule has 0 amide bonds. The lowest BCUT2D eigenvalue weighted by Crippen LogP contribution is -2.23. The van der Waals surface area contributed by atoms with Gasteiger partial charge in [-0.25, -0.2) is 0 Å². The normalized spacial score (nSPS) is 19.7. The summed E-state index contributed by atoms with van der Waals surface area (Å²) in [5.74, 6) is 0.888. The molecule has 0 bridgehead atoms. The average molecular weight is 249 g/mol. The molecule has 2 rings (SSSR count). The predicted molar refractivity (Wildman–Crippen MR) is 75.6 cm³/mol. The van der Waals surface area contributed by atoms with Gasteiger partial charge < -0.3 is 5.32 Å². The third-order valence-electron chi connectivity index (χ3n) is 4.40. The Bertz CT molecular complexity index is 342. The minimum atomic E-state index is 0.459. The van der Waals surface area contributed by atoms with E-state index in [1.54, 1.807) is 0 Å². The smallest absolute Gasteiger partial charge is 0.0579 e. The third-order valence-corrected chi connectivity index (χ3v) is 4.40. The third kappa shape index (κ3) is 3.14. The molecule has 1 N–H and O–H groups in total. The summed E-state index contributed by atoms with van der Waals surface area (Å²) in [7, 11) is 4.13. The Morgan fingerprint density at radius 2 is 2.00 bits per heavy atom. The van der Waals surface area contributed by atoms with Crippen LogP contribution in [0.25, 0.3) is 0 Å². The lowest BCUT2D eigenvalue weighted by molar-refractivity contribution is 0.357. The molecule has 18 heavy (non-hydrogen) atoms. The minimum Gasteiger partial charge on any atom is -0.312 e. The maximum absolute atomic E-state index is 4.37. The van der Waals surface area contributed by atoms with E-state index in [1.807, 2.05) is 10.9 Å². The van der Waals surface area contributed by atoms with Gasteiger partial charge in [0.15, 0.2) is 0 Å². The Labute approximate surface area is 111 Å². The highest BCUT2D eigenvalue weighted by Crippen LogP contribution is 2.31. The molecule has 1 atom stereocenters. The summed E-state index contributed by atoms with van der Waals surface area (Å²) in [4.78, 5) is 0. The SMILES string of the molecule is CNC(CC1CCCCCC1)c1c(C)cnn1C. The van der Waals surface area contributed by atoms with Crippen LogP contribution >= 0.6 is 0 Å². The molecule has 0 aliphatic heterocycles. The van der Waals surface area contributed by atoms with Crippen LogP contribution in [0, 0.1) is 12.8 Å². The number of hydrogen-bond donors (Lipinski definition) is 1. The van der Waals surface area contributed by atoms with Gasteiger partial charge in [0.1, 0.15) is 0 Å². The van der Waals surface area contributed by atoms with E-state index in [4.69, 9.17) is 0 Å². The minimum absolute atomic E-state index is 0.459. The lowest BCUT2D eigenvalue weighted by atomic mass is 9.90. The molecular weight excluding hydrogens is 222 g/mol. The van der Waals surface area contributed by atoms with E-state index in [9.17, 15) is 0 Å². The van der Waals surface area contributed by atoms with Crippen molar-refractivity contribution in [1.29, 1.82) is 0 Å². The molecule has 3 nitrogen and oxygen atoms in total. The van der Waals surface area contributed by atoms with Crippen LogP contribution < -0.4 is 5.32 Å². The fourth-order valence-corrected chi connectivity index (χ4v) is 3.36. The Morgan fingerprint density at radius 3 is 2.50 bits per heavy atom. The summed E-state index contributed by atoms with van der Waals surface area (Å²) in [5, 5.41) is 7.87. The van der Waals surface area contributed by atoms with Gasteiger partial charge in [0, 0.05) is 13.1 Å². The zero-order chi connectivity index (χ0) is 13.0. The number of aryl methyl sites for hydroxylation is 2. The standard InChI is InChI=1S/C15H27N3/c1-12-11-17-18(3)15(12)14(16-2)10-13-8-6-4-5-7-9-13/h11,13-14,16H,4-10H2,1-3H3. The van der Waals surface area contributed by atoms with Crippen LogP contribution in [0.4, 0.5) is 0 Å². The highest BCUT2D eigenvalue weighted by atomic mass is 15.3. The van der Waals surface area contributed by atoms with Crippen molar-refractivity contribution >= 4 is 0 Å². The van der Waals surface area contributed by atoms with Crippen LogP contribution in [0.3, 0.4) is 0 Å². The first-order valence-electron chi connectivity index (χ1n) is 7.38. The van der Waals surface area contributed by atoms with E-state index in [0.717, 1.165) is 5.92 Å². The van der Waals surface area contributed by atoms with Crippen molar-refractivity contribution in [1.82, 2.24) is 15.1 Å². The summed E-state index contributed by atoms with van der Waals surface area (Å²) in [6.45, 7) is 2.17. The molecule has 1 fully saturated rings. The van der Waals surface area contributed by atoms with Crippen molar-refractivity contribution in [2.75, 3.05) is 7.05 Å². The molecule has 1 aliphatic rings. The number of aromatic nitrogens is 2. The van der Waals surface area contributed by atoms with Crippen molar-refractivity contribution in [3.05, 3.63) is 17.5 Å². The summed E-state index contributed by atoms with van der Waals surface area (Å²) in [6.07, 6.45) is 11.8. The molecule has 1 unspecified atom stereocenters. The Balaban J connectivity index is 2.04. The first-order valence-corrected chi connectivity index (χ1v) is 7.38. The first kappa shape index (κ1) is 13.6. The van der Waals surface area contributed by atoms with Gasteiger partial charge in [0.25, 0.3) is 0 Å². The number of nitrogens with zero attached hydrogens (tertiary/aromatic N) is 2. The highest BCUT2D eigenvalue weighted by molar-refractivity contribution is 5.19. The summed E-state index contributed by atoms with van der Waals surface area (Å²) in [5.41, 5.74) is 2.67. The van der Waals surface area contributed by atoms with Gasteiger partial charge in [-0.05, 0) is 31.9 Å². The predicted octanol–water partition coefficient (Wildman–Crippen LogP) is 3.35. The van der Waals surface area contributed by atoms with E-state index >= 15 is 0 Å². The van der Waals surface area contributed by atoms with Crippen molar-refractivity contribution < 1.29 is 0 Å². The fourth-order valence-electron chi connectivity index (χ4n) is 3.36. The Hall–Kier alpha value is -0.830. The zero-order valence-electron chi connectivity index (χ0n) is 12.1. The largest absolute Gasteiger partial charge is 0.312 e. The van der Waals surface area contributed by atoms with Crippen molar-refractivity contribution in [3.63, 3.8) is 0 Å². The van der Waals surface area contributed by atoms with Crippen molar-refractivity contribution in [2.24, 2.45) is 13.0 Å². The Morgan fingerprint density at radius 1 is 1.33 bits per heavy atom. The van der Waals surface area contributed by atoms with Gasteiger partial charge in [0.2, 0.25) is 0 Å². The van der Waals surface area contributed by atoms with E-state index in [0.29, 0.717) is 6.04 Å². The van der Waals surface area contributed by atoms with Crippen molar-refractivity contribution in [2.45, 2.75) is 57.9 Å². The molecule has 1 heterocycles. The van der Waals surface area contributed by atoms with Gasteiger partial charge in [-0.15, -0.1) is 0 Å². The molecular formula is C15H27N3. The van der Waals surface area contributed by atoms with E-state index in [-0.39, 0.29) is 0 Å². The molecule has 0 aromatic carbocycles. The lowest BCUT2D eigenvalue weighted by Gasteiger charge is -2.23. The van der Waals surface area contributed by atoms with Gasteiger partial charge in [-0.1, -0.05) is 38.5 Å². The summed E-state index contributed by atoms with van der Waals surface area (Å²) >= 11 is 0. The molecule has 3 heteroatoms. The second kappa shape index (κ2) is 6.37. The van der Waals surface area contributed by atoms with Crippen LogP contribution in [0.5, 0.6) is 0 Å². The number of hydrogen-bond acceptors (Lipinski definition) is 2. The van der Waals surface area contributed by atoms with Gasteiger partial charge >= 0.3 is 0 Å². The van der Waals surface area contributed by atoms with Crippen LogP contribution in [0.1, 0.15) is 62.2 Å². The topological polar surface area (TPSA) is 29.9 Å². The van der Waals surface area contributed by atoms with Crippen LogP contribution in [0.2, 0.25) is 0 Å². The average Bonchev–Trinajstić information content (AvgIpc) is 2.60. The summed E-state index contributed by atoms with van der Waals surface area (Å²) in [6, 6.07) is 0.459. The van der Waals surface area contributed by atoms with Crippen LogP contribution in [0.15, 0.2) is 6.20 Å². The summed E-state index contributed by atoms with van der Waals surface area (Å²) < 4.78 is 2.03. The molecule has 102 valence electrons. The molecule has 0 spiro atoms. The molecule has 1 aromatic rings. The van der Waals surface area contributed by atoms with Crippen LogP contribution in [-0.4, -0.2) is 16.8 Å². The molecule has 1 aromatic heterocycles. The van der Waals surface area contributed by atoms with E-state index in [1.165, 1.54) is 56.2 Å². The van der Waals surface area contributed by atoms with E-state index < -0.39 is 0 Å². The second-order valence-electron chi connectivity index (χ2n) is 5.77. The van der Waals surface area contributed by atoms with Crippen LogP contribution in [-0.2, 0) is 7.05 Å². The maximum Gasteiger partial charge on any atom is 0.0579 e. The number of rotatable bonds is 4. The molecule has 0 radical (unpaired) electrons. The first-order chi connectivity index (χ1) is 8.72. The van der Waals surface area contributed by atoms with Gasteiger partial charge in [-0.3, -0.25) is 4.68 Å². The monoisotopic (exact) mass is 249 g/mol. The number of nitrogens with one attached hydrogen (secondary N) is 1. The maximum atomic E-state index is 4.37. The molecule has 1 aliphatic carbocycles. The van der Waals surface area contributed by atoms with E-state index in [2.05, 4.69) is 31.4 Å². The van der Waals surface area contributed by atoms with Crippen molar-refractivity contribution in [3.8, 4) is 0 Å². The van der Waals surface area contributed by atoms with Gasteiger partial charge in [0.05, 0.1) is 11.9 Å². The molecule has 1 saturated carbocycles.